The molecule has 0 aliphatic carbocycles. The van der Waals surface area contributed by atoms with Crippen LogP contribution >= 0.6 is 11.6 Å². The first kappa shape index (κ1) is 13.8. The Morgan fingerprint density at radius 2 is 2.16 bits per heavy atom. The lowest BCUT2D eigenvalue weighted by molar-refractivity contribution is 0.389. The van der Waals surface area contributed by atoms with Crippen molar-refractivity contribution in [3.8, 4) is 5.88 Å². The van der Waals surface area contributed by atoms with Crippen LogP contribution in [0.2, 0.25) is 5.02 Å². The Hall–Kier alpha value is -1.58. The van der Waals surface area contributed by atoms with E-state index in [1.807, 2.05) is 30.3 Å². The Bertz CT molecular complexity index is 545. The highest BCUT2D eigenvalue weighted by molar-refractivity contribution is 6.30. The van der Waals surface area contributed by atoms with Crippen LogP contribution in [0, 0.1) is 0 Å². The van der Waals surface area contributed by atoms with E-state index in [2.05, 4.69) is 23.3 Å². The van der Waals surface area contributed by atoms with Gasteiger partial charge in [-0.25, -0.2) is 4.98 Å². The van der Waals surface area contributed by atoms with E-state index in [-0.39, 0.29) is 6.04 Å². The third-order valence-electron chi connectivity index (χ3n) is 2.99. The molecular weight excluding hydrogens is 260 g/mol. The van der Waals surface area contributed by atoms with E-state index in [0.29, 0.717) is 12.4 Å². The molecule has 0 amide bonds. The lowest BCUT2D eigenvalue weighted by Gasteiger charge is -2.15. The molecule has 0 bridgehead atoms. The van der Waals surface area contributed by atoms with Crippen LogP contribution in [0.1, 0.15) is 24.1 Å². The third-order valence-corrected chi connectivity index (χ3v) is 3.23. The van der Waals surface area contributed by atoms with Crippen molar-refractivity contribution in [3.63, 3.8) is 0 Å². The van der Waals surface area contributed by atoms with Crippen LogP contribution in [0.15, 0.2) is 42.6 Å². The summed E-state index contributed by atoms with van der Waals surface area (Å²) in [5, 5.41) is 4.19. The molecule has 0 radical (unpaired) electrons. The van der Waals surface area contributed by atoms with Crippen LogP contribution in [0.5, 0.6) is 5.88 Å². The Morgan fingerprint density at radius 1 is 1.32 bits per heavy atom. The molecule has 1 atom stereocenters. The van der Waals surface area contributed by atoms with E-state index in [4.69, 9.17) is 16.3 Å². The maximum atomic E-state index is 6.00. The van der Waals surface area contributed by atoms with Crippen LogP contribution in [0.4, 0.5) is 0 Å². The minimum atomic E-state index is 0.212. The molecular formula is C15H17ClN2O. The fourth-order valence-electron chi connectivity index (χ4n) is 1.90. The molecule has 0 aliphatic heterocycles. The van der Waals surface area contributed by atoms with Gasteiger partial charge >= 0.3 is 0 Å². The molecule has 0 saturated carbocycles. The standard InChI is InChI=1S/C15H17ClN2O/c1-11(12-5-3-7-14(16)9-12)18-10-13-6-4-8-17-15(13)19-2/h3-9,11,18H,10H2,1-2H3. The Labute approximate surface area is 118 Å². The largest absolute Gasteiger partial charge is 0.481 e. The third kappa shape index (κ3) is 3.69. The zero-order valence-corrected chi connectivity index (χ0v) is 11.8. The molecule has 0 fully saturated rings. The van der Waals surface area contributed by atoms with Crippen molar-refractivity contribution in [1.82, 2.24) is 10.3 Å². The second-order valence-corrected chi connectivity index (χ2v) is 4.77. The van der Waals surface area contributed by atoms with Gasteiger partial charge in [0.2, 0.25) is 5.88 Å². The number of pyridine rings is 1. The van der Waals surface area contributed by atoms with Gasteiger partial charge < -0.3 is 10.1 Å². The highest BCUT2D eigenvalue weighted by Crippen LogP contribution is 2.19. The van der Waals surface area contributed by atoms with E-state index in [1.165, 1.54) is 0 Å². The van der Waals surface area contributed by atoms with Crippen molar-refractivity contribution in [2.45, 2.75) is 19.5 Å². The summed E-state index contributed by atoms with van der Waals surface area (Å²) in [5.74, 6) is 0.660. The molecule has 19 heavy (non-hydrogen) atoms. The maximum absolute atomic E-state index is 6.00. The molecule has 0 spiro atoms. The van der Waals surface area contributed by atoms with Crippen LogP contribution in [0.3, 0.4) is 0 Å². The highest BCUT2D eigenvalue weighted by atomic mass is 35.5. The summed E-state index contributed by atoms with van der Waals surface area (Å²) in [7, 11) is 1.63. The quantitative estimate of drug-likeness (QED) is 0.906. The number of benzene rings is 1. The van der Waals surface area contributed by atoms with Gasteiger partial charge in [-0.2, -0.15) is 0 Å². The maximum Gasteiger partial charge on any atom is 0.217 e. The average Bonchev–Trinajstić information content (AvgIpc) is 2.45. The second kappa shape index (κ2) is 6.55. The van der Waals surface area contributed by atoms with Crippen LogP contribution in [-0.2, 0) is 6.54 Å². The summed E-state index contributed by atoms with van der Waals surface area (Å²) in [6, 6.07) is 12.0. The van der Waals surface area contributed by atoms with Gasteiger partial charge in [0.05, 0.1) is 7.11 Å². The Kier molecular flexibility index (Phi) is 4.77. The number of rotatable bonds is 5. The lowest BCUT2D eigenvalue weighted by Crippen LogP contribution is -2.18. The first-order valence-corrected chi connectivity index (χ1v) is 6.55. The van der Waals surface area contributed by atoms with E-state index in [9.17, 15) is 0 Å². The summed E-state index contributed by atoms with van der Waals surface area (Å²) >= 11 is 6.00. The van der Waals surface area contributed by atoms with Gasteiger partial charge in [0.25, 0.3) is 0 Å². The number of nitrogens with zero attached hydrogens (tertiary/aromatic N) is 1. The van der Waals surface area contributed by atoms with Gasteiger partial charge in [0.15, 0.2) is 0 Å². The van der Waals surface area contributed by atoms with E-state index >= 15 is 0 Å². The molecule has 1 unspecified atom stereocenters. The molecule has 3 nitrogen and oxygen atoms in total. The molecule has 0 aliphatic rings. The number of ether oxygens (including phenoxy) is 1. The summed E-state index contributed by atoms with van der Waals surface area (Å²) < 4.78 is 5.23. The number of methoxy groups -OCH3 is 1. The van der Waals surface area contributed by atoms with Gasteiger partial charge in [-0.3, -0.25) is 0 Å². The minimum absolute atomic E-state index is 0.212. The van der Waals surface area contributed by atoms with E-state index in [1.54, 1.807) is 13.3 Å². The Morgan fingerprint density at radius 3 is 2.89 bits per heavy atom. The number of hydrogen-bond donors (Lipinski definition) is 1. The first-order chi connectivity index (χ1) is 9.20. The molecule has 1 N–H and O–H groups in total. The summed E-state index contributed by atoms with van der Waals surface area (Å²) in [6.07, 6.45) is 1.72. The first-order valence-electron chi connectivity index (χ1n) is 6.17. The van der Waals surface area contributed by atoms with Gasteiger partial charge in [-0.15, -0.1) is 0 Å². The van der Waals surface area contributed by atoms with Crippen LogP contribution < -0.4 is 10.1 Å². The topological polar surface area (TPSA) is 34.1 Å². The average molecular weight is 277 g/mol. The predicted molar refractivity (Wildman–Crippen MR) is 77.5 cm³/mol. The molecule has 0 saturated heterocycles. The fraction of sp³-hybridized carbons (Fsp3) is 0.267. The van der Waals surface area contributed by atoms with Crippen molar-refractivity contribution in [3.05, 3.63) is 58.7 Å². The molecule has 1 aromatic carbocycles. The van der Waals surface area contributed by atoms with Gasteiger partial charge in [-0.1, -0.05) is 29.8 Å². The van der Waals surface area contributed by atoms with Gasteiger partial charge in [-0.05, 0) is 30.7 Å². The SMILES string of the molecule is COc1ncccc1CNC(C)c1cccc(Cl)c1. The second-order valence-electron chi connectivity index (χ2n) is 4.33. The van der Waals surface area contributed by atoms with E-state index < -0.39 is 0 Å². The molecule has 1 heterocycles. The molecule has 1 aromatic heterocycles. The molecule has 4 heteroatoms. The van der Waals surface area contributed by atoms with Crippen molar-refractivity contribution in [1.29, 1.82) is 0 Å². The minimum Gasteiger partial charge on any atom is -0.481 e. The zero-order chi connectivity index (χ0) is 13.7. The summed E-state index contributed by atoms with van der Waals surface area (Å²) in [4.78, 5) is 4.18. The van der Waals surface area contributed by atoms with Gasteiger partial charge in [0.1, 0.15) is 0 Å². The van der Waals surface area contributed by atoms with Crippen LogP contribution in [0.25, 0.3) is 0 Å². The van der Waals surface area contributed by atoms with Crippen molar-refractivity contribution in [2.75, 3.05) is 7.11 Å². The molecule has 2 rings (SSSR count). The van der Waals surface area contributed by atoms with E-state index in [0.717, 1.165) is 16.1 Å². The fourth-order valence-corrected chi connectivity index (χ4v) is 2.10. The van der Waals surface area contributed by atoms with Crippen molar-refractivity contribution >= 4 is 11.6 Å². The predicted octanol–water partition coefficient (Wildman–Crippen LogP) is 3.59. The molecule has 100 valence electrons. The smallest absolute Gasteiger partial charge is 0.217 e. The lowest BCUT2D eigenvalue weighted by atomic mass is 10.1. The van der Waals surface area contributed by atoms with Crippen molar-refractivity contribution < 1.29 is 4.74 Å². The molecule has 2 aromatic rings. The Balaban J connectivity index is 2.02. The number of aromatic nitrogens is 1. The van der Waals surface area contributed by atoms with Gasteiger partial charge in [0, 0.05) is 29.4 Å². The monoisotopic (exact) mass is 276 g/mol. The summed E-state index contributed by atoms with van der Waals surface area (Å²) in [5.41, 5.74) is 2.20. The zero-order valence-electron chi connectivity index (χ0n) is 11.1. The number of nitrogens with one attached hydrogen (secondary N) is 1. The highest BCUT2D eigenvalue weighted by Gasteiger charge is 2.08. The number of hydrogen-bond acceptors (Lipinski definition) is 3. The summed E-state index contributed by atoms with van der Waals surface area (Å²) in [6.45, 7) is 2.80. The normalized spacial score (nSPS) is 12.2. The van der Waals surface area contributed by atoms with Crippen molar-refractivity contribution in [2.24, 2.45) is 0 Å². The number of halogens is 1. The van der Waals surface area contributed by atoms with Crippen LogP contribution in [-0.4, -0.2) is 12.1 Å².